The van der Waals surface area contributed by atoms with Gasteiger partial charge in [-0.05, 0) is 26.0 Å². The minimum absolute atomic E-state index is 0.450. The van der Waals surface area contributed by atoms with Crippen molar-refractivity contribution in [3.8, 4) is 0 Å². The Hall–Kier alpha value is -0.320. The van der Waals surface area contributed by atoms with E-state index in [1.165, 1.54) is 11.9 Å². The molecule has 3 nitrogen and oxygen atoms in total. The molecule has 60 valence electrons. The van der Waals surface area contributed by atoms with Gasteiger partial charge in [0, 0.05) is 12.4 Å². The lowest BCUT2D eigenvalue weighted by molar-refractivity contribution is 0.699. The molecule has 0 saturated heterocycles. The van der Waals surface area contributed by atoms with Gasteiger partial charge < -0.3 is 0 Å². The van der Waals surface area contributed by atoms with Crippen molar-refractivity contribution in [2.24, 2.45) is 0 Å². The highest BCUT2D eigenvalue weighted by Gasteiger charge is 2.02. The van der Waals surface area contributed by atoms with E-state index in [0.29, 0.717) is 5.15 Å². The average Bonchev–Trinajstić information content (AvgIpc) is 1.93. The Morgan fingerprint density at radius 2 is 2.00 bits per heavy atom. The Kier molecular flexibility index (Phi) is 3.11. The first kappa shape index (κ1) is 8.77. The zero-order chi connectivity index (χ0) is 8.27. The van der Waals surface area contributed by atoms with Crippen LogP contribution in [-0.2, 0) is 0 Å². The molecule has 0 N–H and O–H groups in total. The fourth-order valence-corrected chi connectivity index (χ4v) is 1.33. The molecule has 1 rings (SSSR count). The summed E-state index contributed by atoms with van der Waals surface area (Å²) in [6.07, 6.45) is 3.19. The molecule has 0 atom stereocenters. The summed E-state index contributed by atoms with van der Waals surface area (Å²) in [5.74, 6) is 0. The summed E-state index contributed by atoms with van der Waals surface area (Å²) in [6, 6.07) is 0. The molecule has 1 aromatic heterocycles. The molecule has 5 heteroatoms. The Bertz CT molecular complexity index is 241. The van der Waals surface area contributed by atoms with Gasteiger partial charge in [0.15, 0.2) is 5.15 Å². The molecule has 0 aliphatic carbocycles. The van der Waals surface area contributed by atoms with Gasteiger partial charge in [-0.15, -0.1) is 0 Å². The van der Waals surface area contributed by atoms with Crippen LogP contribution in [0.2, 0.25) is 5.15 Å². The van der Waals surface area contributed by atoms with Crippen molar-refractivity contribution in [1.29, 1.82) is 0 Å². The van der Waals surface area contributed by atoms with Gasteiger partial charge in [0.05, 0.1) is 0 Å². The Balaban J connectivity index is 2.78. The topological polar surface area (TPSA) is 29.0 Å². The van der Waals surface area contributed by atoms with E-state index in [9.17, 15) is 0 Å². The summed E-state index contributed by atoms with van der Waals surface area (Å²) in [5.41, 5.74) is 0. The van der Waals surface area contributed by atoms with Crippen LogP contribution >= 0.6 is 23.5 Å². The fraction of sp³-hybridized carbons (Fsp3) is 0.333. The quantitative estimate of drug-likeness (QED) is 0.663. The van der Waals surface area contributed by atoms with Crippen molar-refractivity contribution in [2.75, 3.05) is 14.1 Å². The zero-order valence-electron chi connectivity index (χ0n) is 6.28. The number of nitrogens with zero attached hydrogens (tertiary/aromatic N) is 3. The van der Waals surface area contributed by atoms with Crippen LogP contribution in [0.3, 0.4) is 0 Å². The smallest absolute Gasteiger partial charge is 0.162 e. The highest BCUT2D eigenvalue weighted by molar-refractivity contribution is 7.97. The third-order valence-corrected chi connectivity index (χ3v) is 2.12. The van der Waals surface area contributed by atoms with E-state index in [0.717, 1.165) is 5.03 Å². The van der Waals surface area contributed by atoms with Crippen LogP contribution in [0.25, 0.3) is 0 Å². The van der Waals surface area contributed by atoms with Crippen molar-refractivity contribution in [3.05, 3.63) is 17.5 Å². The molecule has 0 aliphatic heterocycles. The van der Waals surface area contributed by atoms with E-state index >= 15 is 0 Å². The van der Waals surface area contributed by atoms with Gasteiger partial charge in [0.2, 0.25) is 0 Å². The molecule has 0 spiro atoms. The van der Waals surface area contributed by atoms with Gasteiger partial charge in [0.25, 0.3) is 0 Å². The second-order valence-corrected chi connectivity index (χ2v) is 3.71. The standard InChI is InChI=1S/C6H8ClN3S/c1-10(2)11-6-5(7)8-3-4-9-6/h3-4H,1-2H3. The number of aromatic nitrogens is 2. The second kappa shape index (κ2) is 3.90. The van der Waals surface area contributed by atoms with Crippen LogP contribution < -0.4 is 0 Å². The lowest BCUT2D eigenvalue weighted by Crippen LogP contribution is -2.00. The molecule has 0 aliphatic rings. The Labute approximate surface area is 74.9 Å². The fourth-order valence-electron chi connectivity index (χ4n) is 0.542. The maximum absolute atomic E-state index is 5.75. The molecule has 1 heterocycles. The van der Waals surface area contributed by atoms with E-state index in [4.69, 9.17) is 11.6 Å². The molecule has 0 fully saturated rings. The number of rotatable bonds is 2. The summed E-state index contributed by atoms with van der Waals surface area (Å²) in [6.45, 7) is 0. The summed E-state index contributed by atoms with van der Waals surface area (Å²) >= 11 is 7.20. The molecule has 0 aromatic carbocycles. The van der Waals surface area contributed by atoms with Gasteiger partial charge >= 0.3 is 0 Å². The van der Waals surface area contributed by atoms with Crippen molar-refractivity contribution < 1.29 is 0 Å². The van der Waals surface area contributed by atoms with Gasteiger partial charge in [-0.25, -0.2) is 9.97 Å². The minimum Gasteiger partial charge on any atom is -0.251 e. The van der Waals surface area contributed by atoms with E-state index in [1.54, 1.807) is 12.4 Å². The molecule has 1 aromatic rings. The van der Waals surface area contributed by atoms with Crippen molar-refractivity contribution in [1.82, 2.24) is 14.3 Å². The van der Waals surface area contributed by atoms with Crippen LogP contribution in [0.5, 0.6) is 0 Å². The highest BCUT2D eigenvalue weighted by Crippen LogP contribution is 2.22. The maximum atomic E-state index is 5.75. The second-order valence-electron chi connectivity index (χ2n) is 2.06. The van der Waals surface area contributed by atoms with Crippen LogP contribution in [0.15, 0.2) is 17.4 Å². The SMILES string of the molecule is CN(C)Sc1nccnc1Cl. The highest BCUT2D eigenvalue weighted by atomic mass is 35.5. The van der Waals surface area contributed by atoms with E-state index in [1.807, 2.05) is 18.4 Å². The van der Waals surface area contributed by atoms with Gasteiger partial charge in [0.1, 0.15) is 5.03 Å². The molecular formula is C6H8ClN3S. The van der Waals surface area contributed by atoms with Gasteiger partial charge in [-0.1, -0.05) is 11.6 Å². The average molecular weight is 190 g/mol. The first-order valence-corrected chi connectivity index (χ1v) is 4.17. The largest absolute Gasteiger partial charge is 0.251 e. The predicted molar refractivity (Wildman–Crippen MR) is 46.6 cm³/mol. The monoisotopic (exact) mass is 189 g/mol. The molecule has 0 bridgehead atoms. The molecular weight excluding hydrogens is 182 g/mol. The molecule has 0 amide bonds. The summed E-state index contributed by atoms with van der Waals surface area (Å²) < 4.78 is 1.91. The van der Waals surface area contributed by atoms with Gasteiger partial charge in [-0.3, -0.25) is 4.31 Å². The third-order valence-electron chi connectivity index (χ3n) is 0.892. The predicted octanol–water partition coefficient (Wildman–Crippen LogP) is 1.70. The molecule has 0 saturated carbocycles. The minimum atomic E-state index is 0.450. The van der Waals surface area contributed by atoms with Crippen LogP contribution in [0.4, 0.5) is 0 Å². The molecule has 0 radical (unpaired) electrons. The number of halogens is 1. The normalized spacial score (nSPS) is 10.5. The Morgan fingerprint density at radius 1 is 1.36 bits per heavy atom. The zero-order valence-corrected chi connectivity index (χ0v) is 7.85. The lowest BCUT2D eigenvalue weighted by atomic mass is 10.8. The van der Waals surface area contributed by atoms with Crippen molar-refractivity contribution in [2.45, 2.75) is 5.03 Å². The van der Waals surface area contributed by atoms with Crippen LogP contribution in [0, 0.1) is 0 Å². The first-order chi connectivity index (χ1) is 5.20. The van der Waals surface area contributed by atoms with E-state index < -0.39 is 0 Å². The lowest BCUT2D eigenvalue weighted by Gasteiger charge is -2.06. The maximum Gasteiger partial charge on any atom is 0.162 e. The summed E-state index contributed by atoms with van der Waals surface area (Å²) in [7, 11) is 3.85. The summed E-state index contributed by atoms with van der Waals surface area (Å²) in [4.78, 5) is 7.93. The Morgan fingerprint density at radius 3 is 2.55 bits per heavy atom. The first-order valence-electron chi connectivity index (χ1n) is 3.02. The van der Waals surface area contributed by atoms with Crippen LogP contribution in [0.1, 0.15) is 0 Å². The third kappa shape index (κ3) is 2.65. The van der Waals surface area contributed by atoms with E-state index in [-0.39, 0.29) is 0 Å². The molecule has 0 unspecified atom stereocenters. The van der Waals surface area contributed by atoms with E-state index in [2.05, 4.69) is 9.97 Å². The summed E-state index contributed by atoms with van der Waals surface area (Å²) in [5, 5.41) is 1.19. The van der Waals surface area contributed by atoms with Crippen molar-refractivity contribution in [3.63, 3.8) is 0 Å². The van der Waals surface area contributed by atoms with Gasteiger partial charge in [-0.2, -0.15) is 0 Å². The number of hydrogen-bond donors (Lipinski definition) is 0. The number of hydrogen-bond acceptors (Lipinski definition) is 4. The van der Waals surface area contributed by atoms with Crippen LogP contribution in [-0.4, -0.2) is 28.4 Å². The molecule has 11 heavy (non-hydrogen) atoms. The van der Waals surface area contributed by atoms with Crippen molar-refractivity contribution >= 4 is 23.5 Å².